The highest BCUT2D eigenvalue weighted by Crippen LogP contribution is 2.37. The summed E-state index contributed by atoms with van der Waals surface area (Å²) in [6.45, 7) is 0. The molecule has 53 heavy (non-hydrogen) atoms. The summed E-state index contributed by atoms with van der Waals surface area (Å²) in [5, 5.41) is 4.74. The Hall–Kier alpha value is -6.69. The zero-order valence-corrected chi connectivity index (χ0v) is 29.4. The van der Waals surface area contributed by atoms with Gasteiger partial charge in [0.05, 0.1) is 31.9 Å². The predicted octanol–water partition coefficient (Wildman–Crippen LogP) is 12.0. The molecule has 252 valence electrons. The Bertz CT molecular complexity index is 2880. The average Bonchev–Trinajstić information content (AvgIpc) is 3.74. The van der Waals surface area contributed by atoms with Crippen LogP contribution in [0.1, 0.15) is 0 Å². The van der Waals surface area contributed by atoms with E-state index >= 15 is 0 Å². The van der Waals surface area contributed by atoms with Gasteiger partial charge in [-0.25, -0.2) is 8.42 Å². The van der Waals surface area contributed by atoms with Crippen LogP contribution in [0.5, 0.6) is 0 Å². The topological polar surface area (TPSA) is 44.0 Å². The number of hydrogen-bond acceptors (Lipinski definition) is 2. The van der Waals surface area contributed by atoms with Gasteiger partial charge in [-0.1, -0.05) is 121 Å². The number of aromatic nitrogens is 2. The van der Waals surface area contributed by atoms with Gasteiger partial charge in [-0.3, -0.25) is 0 Å². The maximum absolute atomic E-state index is 13.9. The van der Waals surface area contributed by atoms with Crippen molar-refractivity contribution in [2.45, 2.75) is 9.79 Å². The fraction of sp³-hybridized carbons (Fsp3) is 0. The van der Waals surface area contributed by atoms with Gasteiger partial charge in [-0.2, -0.15) is 0 Å². The highest BCUT2D eigenvalue weighted by atomic mass is 32.2. The van der Waals surface area contributed by atoms with Crippen molar-refractivity contribution in [3.63, 3.8) is 0 Å². The number of para-hydroxylation sites is 4. The summed E-state index contributed by atoms with van der Waals surface area (Å²) in [6.07, 6.45) is 0. The molecule has 5 heteroatoms. The van der Waals surface area contributed by atoms with E-state index in [1.807, 2.05) is 36.4 Å². The summed E-state index contributed by atoms with van der Waals surface area (Å²) in [5.74, 6) is 0. The molecule has 0 fully saturated rings. The van der Waals surface area contributed by atoms with E-state index in [0.717, 1.165) is 55.7 Å². The summed E-state index contributed by atoms with van der Waals surface area (Å²) in [4.78, 5) is 0.532. The monoisotopic (exact) mass is 700 g/mol. The Kier molecular flexibility index (Phi) is 7.17. The smallest absolute Gasteiger partial charge is 0.206 e. The molecule has 0 radical (unpaired) electrons. The van der Waals surface area contributed by atoms with Crippen molar-refractivity contribution in [2.24, 2.45) is 0 Å². The minimum Gasteiger partial charge on any atom is -0.309 e. The predicted molar refractivity (Wildman–Crippen MR) is 218 cm³/mol. The van der Waals surface area contributed by atoms with Crippen LogP contribution in [0, 0.1) is 0 Å². The molecule has 0 bridgehead atoms. The van der Waals surface area contributed by atoms with Gasteiger partial charge >= 0.3 is 0 Å². The van der Waals surface area contributed by atoms with E-state index < -0.39 is 9.84 Å². The third-order valence-corrected chi connectivity index (χ3v) is 12.2. The largest absolute Gasteiger partial charge is 0.309 e. The second kappa shape index (κ2) is 12.2. The van der Waals surface area contributed by atoms with Crippen molar-refractivity contribution in [1.82, 2.24) is 9.13 Å². The maximum atomic E-state index is 13.9. The van der Waals surface area contributed by atoms with Crippen LogP contribution in [0.4, 0.5) is 0 Å². The first-order chi connectivity index (χ1) is 26.0. The van der Waals surface area contributed by atoms with Gasteiger partial charge in [-0.15, -0.1) is 0 Å². The summed E-state index contributed by atoms with van der Waals surface area (Å²) in [6, 6.07) is 65.1. The van der Waals surface area contributed by atoms with Crippen LogP contribution in [0.3, 0.4) is 0 Å². The second-order valence-electron chi connectivity index (χ2n) is 13.4. The molecular weight excluding hydrogens is 669 g/mol. The summed E-state index contributed by atoms with van der Waals surface area (Å²) in [5.41, 5.74) is 10.6. The number of nitrogens with zero attached hydrogens (tertiary/aromatic N) is 2. The van der Waals surface area contributed by atoms with Gasteiger partial charge in [-0.05, 0) is 95.1 Å². The highest BCUT2D eigenvalue weighted by molar-refractivity contribution is 7.91. The Morgan fingerprint density at radius 3 is 1.06 bits per heavy atom. The summed E-state index contributed by atoms with van der Waals surface area (Å²) in [7, 11) is -3.73. The quantitative estimate of drug-likeness (QED) is 0.173. The molecular formula is C48H32N2O2S. The molecule has 0 atom stereocenters. The molecule has 2 aromatic heterocycles. The van der Waals surface area contributed by atoms with Crippen LogP contribution in [0.25, 0.3) is 77.2 Å². The molecule has 0 aliphatic carbocycles. The third kappa shape index (κ3) is 5.08. The van der Waals surface area contributed by atoms with Crippen LogP contribution >= 0.6 is 0 Å². The van der Waals surface area contributed by atoms with Crippen molar-refractivity contribution in [1.29, 1.82) is 0 Å². The van der Waals surface area contributed by atoms with Gasteiger partial charge in [0.1, 0.15) is 0 Å². The lowest BCUT2D eigenvalue weighted by atomic mass is 10.0. The van der Waals surface area contributed by atoms with Gasteiger partial charge in [0, 0.05) is 32.9 Å². The molecule has 4 nitrogen and oxygen atoms in total. The molecule has 2 heterocycles. The lowest BCUT2D eigenvalue weighted by molar-refractivity contribution is 0.596. The summed E-state index contributed by atoms with van der Waals surface area (Å²) < 4.78 is 32.3. The standard InChI is InChI=1S/C48H32N2O2S/c51-53(52,39-25-19-33(20-26-39)35-23-29-43-41-15-7-9-17-45(41)49(47(43)31-35)37-11-3-1-4-12-37)40-27-21-34(22-28-40)36-24-30-44-42-16-8-10-18-46(42)50(48(44)32-36)38-13-5-2-6-14-38/h1-32H. The molecule has 10 rings (SSSR count). The minimum absolute atomic E-state index is 0.266. The van der Waals surface area contributed by atoms with Gasteiger partial charge in [0.15, 0.2) is 0 Å². The van der Waals surface area contributed by atoms with Crippen molar-refractivity contribution >= 4 is 53.4 Å². The van der Waals surface area contributed by atoms with E-state index in [2.05, 4.69) is 143 Å². The third-order valence-electron chi connectivity index (χ3n) is 10.4. The van der Waals surface area contributed by atoms with Gasteiger partial charge in [0.25, 0.3) is 0 Å². The average molecular weight is 701 g/mol. The number of hydrogen-bond donors (Lipinski definition) is 0. The van der Waals surface area contributed by atoms with Crippen LogP contribution < -0.4 is 0 Å². The minimum atomic E-state index is -3.73. The van der Waals surface area contributed by atoms with Crippen LogP contribution in [-0.4, -0.2) is 17.6 Å². The SMILES string of the molecule is O=S(=O)(c1ccc(-c2ccc3c4ccccc4n(-c4ccccc4)c3c2)cc1)c1ccc(-c2ccc3c4ccccc4n(-c4ccccc4)c3c2)cc1. The highest BCUT2D eigenvalue weighted by Gasteiger charge is 2.19. The zero-order valence-electron chi connectivity index (χ0n) is 28.6. The normalized spacial score (nSPS) is 11.9. The Labute approximate surface area is 307 Å². The van der Waals surface area contributed by atoms with Crippen LogP contribution in [-0.2, 0) is 9.84 Å². The molecule has 0 amide bonds. The number of benzene rings is 8. The lowest BCUT2D eigenvalue weighted by Gasteiger charge is -2.10. The number of fused-ring (bicyclic) bond motifs is 6. The summed E-state index contributed by atoms with van der Waals surface area (Å²) >= 11 is 0. The van der Waals surface area contributed by atoms with Crippen molar-refractivity contribution < 1.29 is 8.42 Å². The second-order valence-corrected chi connectivity index (χ2v) is 15.3. The fourth-order valence-corrected chi connectivity index (χ4v) is 9.06. The molecule has 0 saturated carbocycles. The van der Waals surface area contributed by atoms with E-state index in [4.69, 9.17) is 0 Å². The van der Waals surface area contributed by atoms with Crippen molar-refractivity contribution in [3.8, 4) is 33.6 Å². The van der Waals surface area contributed by atoms with Gasteiger partial charge < -0.3 is 9.13 Å². The van der Waals surface area contributed by atoms with E-state index in [9.17, 15) is 8.42 Å². The fourth-order valence-electron chi connectivity index (χ4n) is 7.80. The van der Waals surface area contributed by atoms with Crippen LogP contribution in [0.2, 0.25) is 0 Å². The van der Waals surface area contributed by atoms with E-state index in [-0.39, 0.29) is 9.79 Å². The first-order valence-corrected chi connectivity index (χ1v) is 19.2. The Morgan fingerprint density at radius 2 is 0.642 bits per heavy atom. The number of rotatable bonds is 6. The molecule has 8 aromatic carbocycles. The molecule has 0 aliphatic heterocycles. The van der Waals surface area contributed by atoms with E-state index in [0.29, 0.717) is 0 Å². The maximum Gasteiger partial charge on any atom is 0.206 e. The lowest BCUT2D eigenvalue weighted by Crippen LogP contribution is -2.01. The van der Waals surface area contributed by atoms with Crippen molar-refractivity contribution in [2.75, 3.05) is 0 Å². The molecule has 0 unspecified atom stereocenters. The molecule has 10 aromatic rings. The molecule has 0 saturated heterocycles. The van der Waals surface area contributed by atoms with E-state index in [1.54, 1.807) is 24.3 Å². The molecule has 0 N–H and O–H groups in total. The van der Waals surface area contributed by atoms with E-state index in [1.165, 1.54) is 21.5 Å². The van der Waals surface area contributed by atoms with Gasteiger partial charge in [0.2, 0.25) is 9.84 Å². The van der Waals surface area contributed by atoms with Crippen molar-refractivity contribution in [3.05, 3.63) is 194 Å². The Balaban J connectivity index is 0.974. The molecule has 0 spiro atoms. The first kappa shape index (κ1) is 31.1. The first-order valence-electron chi connectivity index (χ1n) is 17.7. The Morgan fingerprint density at radius 1 is 0.302 bits per heavy atom. The molecule has 0 aliphatic rings. The van der Waals surface area contributed by atoms with Crippen LogP contribution in [0.15, 0.2) is 204 Å². The zero-order chi connectivity index (χ0) is 35.5. The number of sulfone groups is 1.